The second kappa shape index (κ2) is 5.98. The normalized spacial score (nSPS) is 25.1. The average molecular weight is 310 g/mol. The van der Waals surface area contributed by atoms with Crippen LogP contribution in [0.5, 0.6) is 0 Å². The minimum absolute atomic E-state index is 0.219. The number of hydrogen-bond acceptors (Lipinski definition) is 2. The van der Waals surface area contributed by atoms with Crippen LogP contribution in [0.1, 0.15) is 43.5 Å². The van der Waals surface area contributed by atoms with Gasteiger partial charge >= 0.3 is 0 Å². The molecule has 98 valence electrons. The topological polar surface area (TPSA) is 20.3 Å². The third-order valence-corrected chi connectivity index (χ3v) is 4.34. The van der Waals surface area contributed by atoms with Crippen LogP contribution in [-0.2, 0) is 0 Å². The van der Waals surface area contributed by atoms with Crippen LogP contribution in [-0.4, -0.2) is 29.3 Å². The summed E-state index contributed by atoms with van der Waals surface area (Å²) in [5, 5.41) is 0. The minimum atomic E-state index is 0.219. The molecule has 1 aliphatic rings. The lowest BCUT2D eigenvalue weighted by Crippen LogP contribution is -2.46. The summed E-state index contributed by atoms with van der Waals surface area (Å²) in [5.74, 6) is 0.219. The van der Waals surface area contributed by atoms with Crippen molar-refractivity contribution in [1.29, 1.82) is 0 Å². The van der Waals surface area contributed by atoms with Crippen molar-refractivity contribution in [2.45, 2.75) is 45.2 Å². The van der Waals surface area contributed by atoms with E-state index in [1.165, 1.54) is 19.3 Å². The fourth-order valence-electron chi connectivity index (χ4n) is 2.71. The van der Waals surface area contributed by atoms with Crippen molar-refractivity contribution in [3.05, 3.63) is 34.3 Å². The molecule has 2 rings (SSSR count). The molecule has 3 heteroatoms. The Bertz CT molecular complexity index is 422. The molecule has 1 heterocycles. The van der Waals surface area contributed by atoms with E-state index in [-0.39, 0.29) is 5.78 Å². The number of benzene rings is 1. The molecule has 1 saturated heterocycles. The molecule has 0 radical (unpaired) electrons. The van der Waals surface area contributed by atoms with E-state index < -0.39 is 0 Å². The average Bonchev–Trinajstić information content (AvgIpc) is 2.34. The smallest absolute Gasteiger partial charge is 0.176 e. The van der Waals surface area contributed by atoms with Gasteiger partial charge in [-0.3, -0.25) is 9.69 Å². The standard InChI is InChI=1S/C15H20BrNO/c1-11-5-3-6-12(2)17(11)10-15(18)13-7-4-8-14(16)9-13/h4,7-9,11-12H,3,5-6,10H2,1-2H3/t11-,12+. The van der Waals surface area contributed by atoms with E-state index >= 15 is 0 Å². The fourth-order valence-corrected chi connectivity index (χ4v) is 3.10. The number of nitrogens with zero attached hydrogens (tertiary/aromatic N) is 1. The van der Waals surface area contributed by atoms with Crippen LogP contribution in [0.15, 0.2) is 28.7 Å². The monoisotopic (exact) mass is 309 g/mol. The molecule has 2 atom stereocenters. The fraction of sp³-hybridized carbons (Fsp3) is 0.533. The quantitative estimate of drug-likeness (QED) is 0.789. The van der Waals surface area contributed by atoms with Gasteiger partial charge in [-0.2, -0.15) is 0 Å². The molecule has 0 N–H and O–H groups in total. The van der Waals surface area contributed by atoms with Gasteiger partial charge in [0.25, 0.3) is 0 Å². The summed E-state index contributed by atoms with van der Waals surface area (Å²) in [7, 11) is 0. The molecule has 0 unspecified atom stereocenters. The third-order valence-electron chi connectivity index (χ3n) is 3.85. The lowest BCUT2D eigenvalue weighted by atomic mass is 9.96. The molecule has 1 aliphatic heterocycles. The molecule has 0 amide bonds. The summed E-state index contributed by atoms with van der Waals surface area (Å²) >= 11 is 3.41. The van der Waals surface area contributed by atoms with Crippen LogP contribution < -0.4 is 0 Å². The number of hydrogen-bond donors (Lipinski definition) is 0. The third kappa shape index (κ3) is 3.21. The molecule has 0 aromatic heterocycles. The summed E-state index contributed by atoms with van der Waals surface area (Å²) in [6, 6.07) is 8.70. The van der Waals surface area contributed by atoms with Gasteiger partial charge in [0.05, 0.1) is 6.54 Å². The van der Waals surface area contributed by atoms with E-state index in [4.69, 9.17) is 0 Å². The zero-order chi connectivity index (χ0) is 13.1. The van der Waals surface area contributed by atoms with E-state index in [0.717, 1.165) is 10.0 Å². The van der Waals surface area contributed by atoms with Crippen LogP contribution in [0.2, 0.25) is 0 Å². The first-order valence-corrected chi connectivity index (χ1v) is 7.41. The van der Waals surface area contributed by atoms with Gasteiger partial charge in [0, 0.05) is 22.1 Å². The molecule has 1 aromatic rings. The van der Waals surface area contributed by atoms with Gasteiger partial charge in [-0.1, -0.05) is 34.5 Å². The van der Waals surface area contributed by atoms with Crippen LogP contribution in [0.3, 0.4) is 0 Å². The second-order valence-electron chi connectivity index (χ2n) is 5.23. The predicted molar refractivity (Wildman–Crippen MR) is 78.0 cm³/mol. The van der Waals surface area contributed by atoms with Gasteiger partial charge in [-0.25, -0.2) is 0 Å². The van der Waals surface area contributed by atoms with Crippen molar-refractivity contribution in [2.75, 3.05) is 6.54 Å². The Balaban J connectivity index is 2.06. The van der Waals surface area contributed by atoms with Crippen LogP contribution in [0.25, 0.3) is 0 Å². The Morgan fingerprint density at radius 1 is 1.33 bits per heavy atom. The number of carbonyl (C=O) groups excluding carboxylic acids is 1. The number of ketones is 1. The van der Waals surface area contributed by atoms with E-state index in [1.54, 1.807) is 0 Å². The minimum Gasteiger partial charge on any atom is -0.293 e. The van der Waals surface area contributed by atoms with E-state index in [1.807, 2.05) is 24.3 Å². The number of halogens is 1. The molecular formula is C15H20BrNO. The van der Waals surface area contributed by atoms with Crippen molar-refractivity contribution >= 4 is 21.7 Å². The van der Waals surface area contributed by atoms with Gasteiger partial charge < -0.3 is 0 Å². The van der Waals surface area contributed by atoms with Gasteiger partial charge in [0.1, 0.15) is 0 Å². The molecule has 0 spiro atoms. The number of Topliss-reactive ketones (excluding diaryl/α,β-unsaturated/α-hetero) is 1. The first-order chi connectivity index (χ1) is 8.58. The van der Waals surface area contributed by atoms with Crippen molar-refractivity contribution < 1.29 is 4.79 Å². The van der Waals surface area contributed by atoms with Gasteiger partial charge in [0.2, 0.25) is 0 Å². The Morgan fingerprint density at radius 2 is 2.00 bits per heavy atom. The lowest BCUT2D eigenvalue weighted by Gasteiger charge is -2.38. The molecule has 1 aromatic carbocycles. The molecule has 0 aliphatic carbocycles. The maximum absolute atomic E-state index is 12.3. The number of likely N-dealkylation sites (tertiary alicyclic amines) is 1. The highest BCUT2D eigenvalue weighted by Crippen LogP contribution is 2.23. The van der Waals surface area contributed by atoms with Crippen LogP contribution in [0.4, 0.5) is 0 Å². The SMILES string of the molecule is C[C@@H]1CCC[C@H](C)N1CC(=O)c1cccc(Br)c1. The Hall–Kier alpha value is -0.670. The Morgan fingerprint density at radius 3 is 2.61 bits per heavy atom. The van der Waals surface area contributed by atoms with Gasteiger partial charge in [-0.15, -0.1) is 0 Å². The van der Waals surface area contributed by atoms with E-state index in [0.29, 0.717) is 18.6 Å². The molecular weight excluding hydrogens is 290 g/mol. The first-order valence-electron chi connectivity index (χ1n) is 6.62. The Labute approximate surface area is 117 Å². The lowest BCUT2D eigenvalue weighted by molar-refractivity contribution is 0.0734. The zero-order valence-corrected chi connectivity index (χ0v) is 12.6. The van der Waals surface area contributed by atoms with Gasteiger partial charge in [-0.05, 0) is 38.8 Å². The summed E-state index contributed by atoms with van der Waals surface area (Å²) in [6.07, 6.45) is 3.69. The van der Waals surface area contributed by atoms with E-state index in [2.05, 4.69) is 34.7 Å². The molecule has 18 heavy (non-hydrogen) atoms. The summed E-state index contributed by atoms with van der Waals surface area (Å²) in [4.78, 5) is 14.6. The van der Waals surface area contributed by atoms with Crippen molar-refractivity contribution in [3.8, 4) is 0 Å². The molecule has 0 saturated carbocycles. The van der Waals surface area contributed by atoms with Gasteiger partial charge in [0.15, 0.2) is 5.78 Å². The number of carbonyl (C=O) groups is 1. The maximum atomic E-state index is 12.3. The number of rotatable bonds is 3. The van der Waals surface area contributed by atoms with Crippen molar-refractivity contribution in [2.24, 2.45) is 0 Å². The van der Waals surface area contributed by atoms with E-state index in [9.17, 15) is 4.79 Å². The zero-order valence-electron chi connectivity index (χ0n) is 11.0. The molecule has 0 bridgehead atoms. The first kappa shape index (κ1) is 13.8. The van der Waals surface area contributed by atoms with Crippen LogP contribution in [0, 0.1) is 0 Å². The second-order valence-corrected chi connectivity index (χ2v) is 6.15. The predicted octanol–water partition coefficient (Wildman–Crippen LogP) is 3.89. The highest BCUT2D eigenvalue weighted by Gasteiger charge is 2.26. The summed E-state index contributed by atoms with van der Waals surface area (Å²) < 4.78 is 0.966. The maximum Gasteiger partial charge on any atom is 0.176 e. The highest BCUT2D eigenvalue weighted by atomic mass is 79.9. The molecule has 1 fully saturated rings. The van der Waals surface area contributed by atoms with Crippen molar-refractivity contribution in [1.82, 2.24) is 4.90 Å². The van der Waals surface area contributed by atoms with Crippen molar-refractivity contribution in [3.63, 3.8) is 0 Å². The Kier molecular flexibility index (Phi) is 4.57. The number of piperidine rings is 1. The highest BCUT2D eigenvalue weighted by molar-refractivity contribution is 9.10. The molecule has 2 nitrogen and oxygen atoms in total. The largest absolute Gasteiger partial charge is 0.293 e. The summed E-state index contributed by atoms with van der Waals surface area (Å²) in [6.45, 7) is 4.99. The summed E-state index contributed by atoms with van der Waals surface area (Å²) in [5.41, 5.74) is 0.800. The van der Waals surface area contributed by atoms with Crippen LogP contribution >= 0.6 is 15.9 Å².